The minimum absolute atomic E-state index is 0.483. The number of fused-ring (bicyclic) bond motifs is 1. The second-order valence-electron chi connectivity index (χ2n) is 6.50. The van der Waals surface area contributed by atoms with Gasteiger partial charge in [-0.15, -0.1) is 0 Å². The molecule has 3 rings (SSSR count). The van der Waals surface area contributed by atoms with E-state index in [0.717, 1.165) is 35.4 Å². The molecule has 27 heavy (non-hydrogen) atoms. The number of hydrogen-bond donors (Lipinski definition) is 1. The third-order valence-electron chi connectivity index (χ3n) is 4.53. The van der Waals surface area contributed by atoms with Gasteiger partial charge in [0.25, 0.3) is 11.3 Å². The maximum atomic E-state index is 11.8. The van der Waals surface area contributed by atoms with Crippen molar-refractivity contribution in [2.75, 3.05) is 11.3 Å². The highest BCUT2D eigenvalue weighted by atomic mass is 32.2. The summed E-state index contributed by atoms with van der Waals surface area (Å²) in [6.45, 7) is 6.79. The fraction of sp³-hybridized carbons (Fsp3) is 0.273. The zero-order valence-electron chi connectivity index (χ0n) is 16.0. The highest BCUT2D eigenvalue weighted by molar-refractivity contribution is 7.81. The molecule has 142 valence electrons. The van der Waals surface area contributed by atoms with Gasteiger partial charge in [-0.05, 0) is 67.1 Å². The summed E-state index contributed by atoms with van der Waals surface area (Å²) in [5, 5.41) is 2.29. The summed E-state index contributed by atoms with van der Waals surface area (Å²) in [6.07, 6.45) is 1.90. The molecule has 3 aromatic carbocycles. The second-order valence-corrected chi connectivity index (χ2v) is 7.41. The topological polar surface area (TPSA) is 47.6 Å². The standard InChI is InChI=1S/C22H25NO3S/c1-4-5-15-25-27(24)23-18-10-12-19(13-11-18)26-22-8-6-7-20-17(3)16(2)9-14-21(20)22/h6-14,23H,4-5,15H2,1-3H3. The molecule has 4 nitrogen and oxygen atoms in total. The molecule has 0 aromatic heterocycles. The molecule has 0 spiro atoms. The van der Waals surface area contributed by atoms with Crippen LogP contribution >= 0.6 is 0 Å². The molecule has 0 radical (unpaired) electrons. The largest absolute Gasteiger partial charge is 0.457 e. The van der Waals surface area contributed by atoms with E-state index in [9.17, 15) is 4.21 Å². The number of unbranched alkanes of at least 4 members (excludes halogenated alkanes) is 1. The molecular formula is C22H25NO3S. The van der Waals surface area contributed by atoms with Crippen LogP contribution in [0.5, 0.6) is 11.5 Å². The number of hydrogen-bond acceptors (Lipinski definition) is 3. The van der Waals surface area contributed by atoms with Gasteiger partial charge in [0.05, 0.1) is 6.61 Å². The third-order valence-corrected chi connectivity index (χ3v) is 5.32. The zero-order chi connectivity index (χ0) is 19.2. The Bertz CT molecular complexity index is 938. The quantitative estimate of drug-likeness (QED) is 0.481. The third kappa shape index (κ3) is 4.87. The lowest BCUT2D eigenvalue weighted by Gasteiger charge is -2.12. The van der Waals surface area contributed by atoms with E-state index in [1.807, 2.05) is 36.4 Å². The smallest absolute Gasteiger partial charge is 0.261 e. The molecular weight excluding hydrogens is 358 g/mol. The molecule has 0 saturated carbocycles. The van der Waals surface area contributed by atoms with Crippen LogP contribution in [0.3, 0.4) is 0 Å². The first-order valence-corrected chi connectivity index (χ1v) is 10.2. The maximum Gasteiger partial charge on any atom is 0.261 e. The molecule has 0 saturated heterocycles. The predicted octanol–water partition coefficient (Wildman–Crippen LogP) is 6.06. The molecule has 0 fully saturated rings. The minimum Gasteiger partial charge on any atom is -0.457 e. The Kier molecular flexibility index (Phi) is 6.48. The van der Waals surface area contributed by atoms with Gasteiger partial charge in [0, 0.05) is 11.1 Å². The first-order valence-electron chi connectivity index (χ1n) is 9.17. The molecule has 0 bridgehead atoms. The van der Waals surface area contributed by atoms with Crippen molar-refractivity contribution < 1.29 is 13.1 Å². The number of anilines is 1. The molecule has 0 aliphatic heterocycles. The fourth-order valence-corrected chi connectivity index (χ4v) is 3.46. The molecule has 0 aliphatic rings. The van der Waals surface area contributed by atoms with Gasteiger partial charge in [0.15, 0.2) is 0 Å². The summed E-state index contributed by atoms with van der Waals surface area (Å²) >= 11 is -1.53. The summed E-state index contributed by atoms with van der Waals surface area (Å²) in [5.74, 6) is 1.55. The van der Waals surface area contributed by atoms with E-state index in [1.54, 1.807) is 0 Å². The van der Waals surface area contributed by atoms with Crippen molar-refractivity contribution in [2.24, 2.45) is 0 Å². The molecule has 0 aliphatic carbocycles. The van der Waals surface area contributed by atoms with Gasteiger partial charge < -0.3 is 4.74 Å². The van der Waals surface area contributed by atoms with E-state index in [-0.39, 0.29) is 0 Å². The van der Waals surface area contributed by atoms with Gasteiger partial charge in [0.2, 0.25) is 0 Å². The van der Waals surface area contributed by atoms with Gasteiger partial charge >= 0.3 is 0 Å². The molecule has 5 heteroatoms. The highest BCUT2D eigenvalue weighted by Gasteiger charge is 2.07. The SMILES string of the molecule is CCCCOS(=O)Nc1ccc(Oc2cccc3c(C)c(C)ccc23)cc1. The van der Waals surface area contributed by atoms with Crippen molar-refractivity contribution in [3.8, 4) is 11.5 Å². The Morgan fingerprint density at radius 3 is 2.48 bits per heavy atom. The number of benzene rings is 3. The Labute approximate surface area is 163 Å². The first kappa shape index (κ1) is 19.4. The van der Waals surface area contributed by atoms with Crippen LogP contribution < -0.4 is 9.46 Å². The van der Waals surface area contributed by atoms with Crippen LogP contribution in [0.25, 0.3) is 10.8 Å². The van der Waals surface area contributed by atoms with Crippen LogP contribution in [-0.2, 0) is 15.4 Å². The summed E-state index contributed by atoms with van der Waals surface area (Å²) in [6, 6.07) is 17.7. The van der Waals surface area contributed by atoms with Crippen LogP contribution in [-0.4, -0.2) is 10.8 Å². The van der Waals surface area contributed by atoms with Crippen molar-refractivity contribution in [3.63, 3.8) is 0 Å². The molecule has 0 heterocycles. The van der Waals surface area contributed by atoms with Gasteiger partial charge in [-0.2, -0.15) is 0 Å². The lowest BCUT2D eigenvalue weighted by atomic mass is 10.0. The Hall–Kier alpha value is -2.37. The van der Waals surface area contributed by atoms with Crippen LogP contribution in [0.2, 0.25) is 0 Å². The summed E-state index contributed by atoms with van der Waals surface area (Å²) < 4.78 is 25.9. The Morgan fingerprint density at radius 2 is 1.74 bits per heavy atom. The van der Waals surface area contributed by atoms with E-state index in [4.69, 9.17) is 8.92 Å². The van der Waals surface area contributed by atoms with Crippen LogP contribution in [0.15, 0.2) is 54.6 Å². The lowest BCUT2D eigenvalue weighted by molar-refractivity contribution is 0.340. The van der Waals surface area contributed by atoms with Crippen molar-refractivity contribution in [1.82, 2.24) is 0 Å². The maximum absolute atomic E-state index is 11.8. The predicted molar refractivity (Wildman–Crippen MR) is 113 cm³/mol. The van der Waals surface area contributed by atoms with Crippen LogP contribution in [0.4, 0.5) is 5.69 Å². The molecule has 1 atom stereocenters. The summed E-state index contributed by atoms with van der Waals surface area (Å²) in [5.41, 5.74) is 3.26. The van der Waals surface area contributed by atoms with Crippen LogP contribution in [0, 0.1) is 13.8 Å². The normalized spacial score (nSPS) is 12.1. The molecule has 1 unspecified atom stereocenters. The van der Waals surface area contributed by atoms with E-state index >= 15 is 0 Å². The Morgan fingerprint density at radius 1 is 0.963 bits per heavy atom. The number of nitrogens with one attached hydrogen (secondary N) is 1. The molecule has 0 amide bonds. The summed E-state index contributed by atoms with van der Waals surface area (Å²) in [4.78, 5) is 0. The fourth-order valence-electron chi connectivity index (χ4n) is 2.80. The Balaban J connectivity index is 1.71. The average molecular weight is 384 g/mol. The van der Waals surface area contributed by atoms with Gasteiger partial charge in [-0.3, -0.25) is 8.91 Å². The second kappa shape index (κ2) is 9.02. The summed E-state index contributed by atoms with van der Waals surface area (Å²) in [7, 11) is 0. The first-order chi connectivity index (χ1) is 13.1. The van der Waals surface area contributed by atoms with Gasteiger partial charge in [0.1, 0.15) is 11.5 Å². The van der Waals surface area contributed by atoms with Crippen molar-refractivity contribution in [1.29, 1.82) is 0 Å². The minimum atomic E-state index is -1.53. The number of aryl methyl sites for hydroxylation is 2. The number of rotatable bonds is 8. The van der Waals surface area contributed by atoms with Crippen molar-refractivity contribution >= 4 is 27.7 Å². The number of ether oxygens (including phenoxy) is 1. The monoisotopic (exact) mass is 383 g/mol. The molecule has 3 aromatic rings. The van der Waals surface area contributed by atoms with Gasteiger partial charge in [-0.25, -0.2) is 4.21 Å². The van der Waals surface area contributed by atoms with Crippen LogP contribution in [0.1, 0.15) is 30.9 Å². The van der Waals surface area contributed by atoms with Crippen molar-refractivity contribution in [3.05, 3.63) is 65.7 Å². The zero-order valence-corrected chi connectivity index (χ0v) is 16.8. The lowest BCUT2D eigenvalue weighted by Crippen LogP contribution is -2.08. The van der Waals surface area contributed by atoms with Gasteiger partial charge in [-0.1, -0.05) is 37.6 Å². The van der Waals surface area contributed by atoms with E-state index in [0.29, 0.717) is 6.61 Å². The van der Waals surface area contributed by atoms with Crippen molar-refractivity contribution in [2.45, 2.75) is 33.6 Å². The highest BCUT2D eigenvalue weighted by Crippen LogP contribution is 2.32. The molecule has 1 N–H and O–H groups in total. The van der Waals surface area contributed by atoms with E-state index in [1.165, 1.54) is 16.5 Å². The van der Waals surface area contributed by atoms with E-state index < -0.39 is 11.3 Å². The van der Waals surface area contributed by atoms with E-state index in [2.05, 4.69) is 43.7 Å². The average Bonchev–Trinajstić information content (AvgIpc) is 2.67.